The number of halogens is 1. The number of thiocarbonyl (C=S) groups is 1. The second kappa shape index (κ2) is 8.72. The highest BCUT2D eigenvalue weighted by Gasteiger charge is 2.43. The van der Waals surface area contributed by atoms with Crippen LogP contribution in [-0.2, 0) is 0 Å². The number of nitrogens with zero attached hydrogens (tertiary/aromatic N) is 2. The van der Waals surface area contributed by atoms with Gasteiger partial charge in [-0.2, -0.15) is 0 Å². The average Bonchev–Trinajstić information content (AvgIpc) is 3.44. The van der Waals surface area contributed by atoms with E-state index in [0.717, 1.165) is 16.8 Å². The molecule has 0 aliphatic carbocycles. The number of para-hydroxylation sites is 1. The number of nitrogens with one attached hydrogen (secondary N) is 1. The van der Waals surface area contributed by atoms with Crippen molar-refractivity contribution in [2.75, 3.05) is 4.90 Å². The van der Waals surface area contributed by atoms with Gasteiger partial charge < -0.3 is 19.7 Å². The number of anilines is 1. The number of aryl methyl sites for hydroxylation is 1. The second-order valence-electron chi connectivity index (χ2n) is 7.98. The molecule has 0 unspecified atom stereocenters. The Morgan fingerprint density at radius 1 is 1.12 bits per heavy atom. The number of carbonyl (C=O) groups is 1. The first kappa shape index (κ1) is 21.8. The van der Waals surface area contributed by atoms with Gasteiger partial charge >= 0.3 is 5.97 Å². The van der Waals surface area contributed by atoms with Crippen molar-refractivity contribution < 1.29 is 18.7 Å². The van der Waals surface area contributed by atoms with Crippen LogP contribution in [-0.4, -0.2) is 21.2 Å². The molecular formula is C26H20FN3O3S. The number of rotatable bonds is 5. The van der Waals surface area contributed by atoms with E-state index in [0.29, 0.717) is 22.3 Å². The average molecular weight is 474 g/mol. The number of aromatic carboxylic acids is 1. The summed E-state index contributed by atoms with van der Waals surface area (Å²) >= 11 is 5.62. The van der Waals surface area contributed by atoms with Gasteiger partial charge in [0.25, 0.3) is 0 Å². The molecule has 2 aromatic heterocycles. The molecule has 2 aromatic carbocycles. The Labute approximate surface area is 200 Å². The molecule has 0 amide bonds. The fourth-order valence-corrected chi connectivity index (χ4v) is 4.62. The second-order valence-corrected chi connectivity index (χ2v) is 8.37. The van der Waals surface area contributed by atoms with Crippen LogP contribution in [0, 0.1) is 12.7 Å². The zero-order chi connectivity index (χ0) is 23.8. The van der Waals surface area contributed by atoms with Gasteiger partial charge in [-0.15, -0.1) is 0 Å². The molecule has 1 fully saturated rings. The van der Waals surface area contributed by atoms with Crippen LogP contribution in [0.25, 0.3) is 11.3 Å². The normalized spacial score (nSPS) is 17.6. The molecule has 1 aliphatic rings. The summed E-state index contributed by atoms with van der Waals surface area (Å²) in [5.41, 5.74) is 2.83. The maximum atomic E-state index is 14.8. The molecule has 1 saturated heterocycles. The van der Waals surface area contributed by atoms with E-state index in [9.17, 15) is 14.3 Å². The quantitative estimate of drug-likeness (QED) is 0.362. The Morgan fingerprint density at radius 2 is 1.91 bits per heavy atom. The van der Waals surface area contributed by atoms with Gasteiger partial charge in [-0.05, 0) is 73.2 Å². The number of hydrogen-bond donors (Lipinski definition) is 2. The third-order valence-electron chi connectivity index (χ3n) is 5.87. The highest BCUT2D eigenvalue weighted by molar-refractivity contribution is 7.80. The van der Waals surface area contributed by atoms with Gasteiger partial charge in [0.05, 0.1) is 23.0 Å². The summed E-state index contributed by atoms with van der Waals surface area (Å²) in [6, 6.07) is 19.7. The zero-order valence-electron chi connectivity index (χ0n) is 18.1. The lowest BCUT2D eigenvalue weighted by molar-refractivity contribution is 0.0696. The number of hydrogen-bond acceptors (Lipinski definition) is 4. The number of aromatic nitrogens is 1. The predicted octanol–water partition coefficient (Wildman–Crippen LogP) is 5.66. The molecule has 5 rings (SSSR count). The number of carboxylic acids is 1. The standard InChI is InChI=1S/C26H20FN3O3S/c1-15-14-16(25(31)32)9-10-17(15)21-11-12-22(33-21)24-23(19-7-4-5-13-28-19)29-26(34)30(24)20-8-3-2-6-18(20)27/h2-14,23-24H,1H3,(H,29,34)(H,31,32)/t23-,24+/m1/s1. The van der Waals surface area contributed by atoms with Crippen molar-refractivity contribution in [3.05, 3.63) is 107 Å². The molecule has 4 aromatic rings. The first-order valence-corrected chi connectivity index (χ1v) is 11.0. The molecule has 0 spiro atoms. The molecule has 6 nitrogen and oxygen atoms in total. The molecular weight excluding hydrogens is 453 g/mol. The molecule has 0 bridgehead atoms. The lowest BCUT2D eigenvalue weighted by atomic mass is 10.0. The summed E-state index contributed by atoms with van der Waals surface area (Å²) in [6.45, 7) is 1.83. The predicted molar refractivity (Wildman–Crippen MR) is 130 cm³/mol. The van der Waals surface area contributed by atoms with Crippen molar-refractivity contribution in [1.29, 1.82) is 0 Å². The highest BCUT2D eigenvalue weighted by atomic mass is 32.1. The Morgan fingerprint density at radius 3 is 2.62 bits per heavy atom. The van der Waals surface area contributed by atoms with Gasteiger partial charge in [0.15, 0.2) is 5.11 Å². The van der Waals surface area contributed by atoms with Gasteiger partial charge in [0, 0.05) is 11.8 Å². The molecule has 170 valence electrons. The summed E-state index contributed by atoms with van der Waals surface area (Å²) in [5, 5.41) is 12.9. The Kier molecular flexibility index (Phi) is 5.59. The minimum Gasteiger partial charge on any atom is -0.478 e. The van der Waals surface area contributed by atoms with Crippen molar-refractivity contribution in [1.82, 2.24) is 10.3 Å². The molecule has 3 heterocycles. The van der Waals surface area contributed by atoms with Crippen molar-refractivity contribution in [2.24, 2.45) is 0 Å². The molecule has 0 saturated carbocycles. The van der Waals surface area contributed by atoms with Crippen LogP contribution in [0.1, 0.15) is 39.5 Å². The van der Waals surface area contributed by atoms with Crippen molar-refractivity contribution in [3.63, 3.8) is 0 Å². The maximum absolute atomic E-state index is 14.8. The van der Waals surface area contributed by atoms with Crippen molar-refractivity contribution in [3.8, 4) is 11.3 Å². The highest BCUT2D eigenvalue weighted by Crippen LogP contribution is 2.43. The molecule has 2 N–H and O–H groups in total. The summed E-state index contributed by atoms with van der Waals surface area (Å²) in [5.74, 6) is -0.234. The van der Waals surface area contributed by atoms with Gasteiger partial charge in [0.2, 0.25) is 0 Å². The number of furan rings is 1. The Hall–Kier alpha value is -4.04. The van der Waals surface area contributed by atoms with Crippen molar-refractivity contribution >= 4 is 29.0 Å². The van der Waals surface area contributed by atoms with Gasteiger partial charge in [-0.3, -0.25) is 4.98 Å². The van der Waals surface area contributed by atoms with Crippen LogP contribution in [0.15, 0.2) is 83.4 Å². The van der Waals surface area contributed by atoms with E-state index in [1.807, 2.05) is 37.3 Å². The van der Waals surface area contributed by atoms with E-state index in [1.165, 1.54) is 6.07 Å². The largest absolute Gasteiger partial charge is 0.478 e. The smallest absolute Gasteiger partial charge is 0.335 e. The fourth-order valence-electron chi connectivity index (χ4n) is 4.28. The number of pyridine rings is 1. The molecule has 2 atom stereocenters. The van der Waals surface area contributed by atoms with Crippen LogP contribution in [0.5, 0.6) is 0 Å². The summed E-state index contributed by atoms with van der Waals surface area (Å²) in [4.78, 5) is 17.5. The SMILES string of the molecule is Cc1cc(C(=O)O)ccc1-c1ccc([C@H]2[C@@H](c3ccccn3)NC(=S)N2c2ccccc2F)o1. The summed E-state index contributed by atoms with van der Waals surface area (Å²) in [6.07, 6.45) is 1.70. The topological polar surface area (TPSA) is 78.6 Å². The van der Waals surface area contributed by atoms with Crippen LogP contribution in [0.2, 0.25) is 0 Å². The third-order valence-corrected chi connectivity index (χ3v) is 6.18. The van der Waals surface area contributed by atoms with E-state index in [1.54, 1.807) is 47.5 Å². The first-order chi connectivity index (χ1) is 16.4. The summed E-state index contributed by atoms with van der Waals surface area (Å²) < 4.78 is 21.1. The molecule has 34 heavy (non-hydrogen) atoms. The lowest BCUT2D eigenvalue weighted by Gasteiger charge is -2.26. The van der Waals surface area contributed by atoms with E-state index in [4.69, 9.17) is 16.6 Å². The van der Waals surface area contributed by atoms with Crippen LogP contribution in [0.4, 0.5) is 10.1 Å². The molecule has 1 aliphatic heterocycles. The Bertz CT molecular complexity index is 1390. The van der Waals surface area contributed by atoms with Gasteiger partial charge in [-0.1, -0.05) is 24.3 Å². The zero-order valence-corrected chi connectivity index (χ0v) is 18.9. The maximum Gasteiger partial charge on any atom is 0.335 e. The molecule has 0 radical (unpaired) electrons. The van der Waals surface area contributed by atoms with E-state index < -0.39 is 17.8 Å². The summed E-state index contributed by atoms with van der Waals surface area (Å²) in [7, 11) is 0. The first-order valence-electron chi connectivity index (χ1n) is 10.6. The number of carboxylic acid groups (broad SMARTS) is 1. The Balaban J connectivity index is 1.60. The van der Waals surface area contributed by atoms with Crippen LogP contribution >= 0.6 is 12.2 Å². The monoisotopic (exact) mass is 473 g/mol. The van der Waals surface area contributed by atoms with Gasteiger partial charge in [0.1, 0.15) is 23.4 Å². The minimum absolute atomic E-state index is 0.208. The van der Waals surface area contributed by atoms with E-state index >= 15 is 0 Å². The van der Waals surface area contributed by atoms with E-state index in [-0.39, 0.29) is 11.6 Å². The number of benzene rings is 2. The fraction of sp³-hybridized carbons (Fsp3) is 0.115. The van der Waals surface area contributed by atoms with Crippen molar-refractivity contribution in [2.45, 2.75) is 19.0 Å². The van der Waals surface area contributed by atoms with Gasteiger partial charge in [-0.25, -0.2) is 9.18 Å². The van der Waals surface area contributed by atoms with E-state index in [2.05, 4.69) is 10.3 Å². The van der Waals surface area contributed by atoms with Crippen LogP contribution < -0.4 is 10.2 Å². The minimum atomic E-state index is -0.987. The molecule has 8 heteroatoms. The lowest BCUT2D eigenvalue weighted by Crippen LogP contribution is -2.30. The van der Waals surface area contributed by atoms with Crippen LogP contribution in [0.3, 0.4) is 0 Å². The third kappa shape index (κ3) is 3.82.